The first kappa shape index (κ1) is 28.2. The molecule has 0 saturated carbocycles. The first-order valence-electron chi connectivity index (χ1n) is 17.6. The molecule has 0 N–H and O–H groups in total. The van der Waals surface area contributed by atoms with Gasteiger partial charge >= 0.3 is 0 Å². The Morgan fingerprint density at radius 3 is 1.71 bits per heavy atom. The molecule has 8 aromatic rings. The molecule has 11 rings (SSSR count). The number of hydrogen-bond donors (Lipinski definition) is 0. The predicted octanol–water partition coefficient (Wildman–Crippen LogP) is 10.4. The Bertz CT molecular complexity index is 3230. The fraction of sp³-hybridized carbons (Fsp3) is 0.0208. The van der Waals surface area contributed by atoms with Crippen molar-refractivity contribution >= 4 is 38.9 Å². The maximum absolute atomic E-state index is 6.86. The van der Waals surface area contributed by atoms with Gasteiger partial charge in [-0.2, -0.15) is 4.58 Å². The number of para-hydroxylation sites is 3. The molecular weight excluding hydrogens is 621 g/mol. The van der Waals surface area contributed by atoms with E-state index in [-0.39, 0.29) is 6.10 Å². The molecule has 0 fully saturated rings. The Hall–Kier alpha value is -6.71. The largest absolute Gasteiger partial charge is 0.468 e. The molecule has 2 heterocycles. The summed E-state index contributed by atoms with van der Waals surface area (Å²) >= 11 is 0. The lowest BCUT2D eigenvalue weighted by Crippen LogP contribution is -2.36. The van der Waals surface area contributed by atoms with Crippen LogP contribution in [0.2, 0.25) is 0 Å². The number of hydrogen-bond acceptors (Lipinski definition) is 1. The van der Waals surface area contributed by atoms with Gasteiger partial charge in [0.1, 0.15) is 0 Å². The fourth-order valence-corrected chi connectivity index (χ4v) is 8.47. The van der Waals surface area contributed by atoms with Crippen LogP contribution < -0.4 is 9.31 Å². The molecule has 1 aromatic heterocycles. The minimum Gasteiger partial charge on any atom is -0.468 e. The molecule has 238 valence electrons. The summed E-state index contributed by atoms with van der Waals surface area (Å²) in [7, 11) is 0. The molecule has 0 saturated heterocycles. The average Bonchev–Trinajstić information content (AvgIpc) is 3.53. The zero-order chi connectivity index (χ0) is 33.5. The van der Waals surface area contributed by atoms with Crippen LogP contribution in [0.5, 0.6) is 5.75 Å². The standard InChI is InChI=1S/C48H31N2O/c1-2-14-31(15-3-1)49-45-24-12-13-25-47(45)51-48-30-42-36-19-7-6-17-34(36)33-16-4-5-18-35(33)37-27-26-32(28-40(37)41(42)29-46(48)49)50-43-22-10-8-20-38(43)39-21-9-11-23-44(39)50/h1-30,47H/q+1. The molecule has 1 aliphatic heterocycles. The number of aromatic nitrogens is 1. The maximum Gasteiger partial charge on any atom is 0.254 e. The van der Waals surface area contributed by atoms with Crippen molar-refractivity contribution in [3.05, 3.63) is 224 Å². The first-order chi connectivity index (χ1) is 25.3. The Kier molecular flexibility index (Phi) is 6.02. The summed E-state index contributed by atoms with van der Waals surface area (Å²) in [5.41, 5.74) is 6.77. The van der Waals surface area contributed by atoms with E-state index in [1.807, 2.05) is 0 Å². The van der Waals surface area contributed by atoms with Crippen LogP contribution >= 0.6 is 0 Å². The predicted molar refractivity (Wildman–Crippen MR) is 206 cm³/mol. The van der Waals surface area contributed by atoms with Crippen LogP contribution in [0.1, 0.15) is 0 Å². The van der Waals surface area contributed by atoms with Crippen molar-refractivity contribution in [1.29, 1.82) is 0 Å². The summed E-state index contributed by atoms with van der Waals surface area (Å²) in [5, 5.41) is 12.1. The van der Waals surface area contributed by atoms with E-state index in [9.17, 15) is 0 Å². The van der Waals surface area contributed by atoms with Gasteiger partial charge in [-0.3, -0.25) is 0 Å². The van der Waals surface area contributed by atoms with Gasteiger partial charge in [-0.05, 0) is 78.2 Å². The van der Waals surface area contributed by atoms with Crippen molar-refractivity contribution in [2.45, 2.75) is 6.10 Å². The van der Waals surface area contributed by atoms with E-state index < -0.39 is 0 Å². The lowest BCUT2D eigenvalue weighted by atomic mass is 9.99. The van der Waals surface area contributed by atoms with Crippen LogP contribution in [0.4, 0.5) is 11.4 Å². The van der Waals surface area contributed by atoms with Gasteiger partial charge in [-0.25, -0.2) is 0 Å². The number of allylic oxidation sites excluding steroid dienone is 2. The molecule has 3 aliphatic rings. The van der Waals surface area contributed by atoms with E-state index in [2.05, 4.69) is 191 Å². The third-order valence-corrected chi connectivity index (χ3v) is 10.7. The van der Waals surface area contributed by atoms with Crippen molar-refractivity contribution in [3.8, 4) is 11.4 Å². The lowest BCUT2D eigenvalue weighted by molar-refractivity contribution is 0.303. The second kappa shape index (κ2) is 10.9. The average molecular weight is 652 g/mol. The normalized spacial score (nSPS) is 15.2. The Morgan fingerprint density at radius 1 is 0.471 bits per heavy atom. The quantitative estimate of drug-likeness (QED) is 0.170. The van der Waals surface area contributed by atoms with Crippen LogP contribution in [-0.2, 0) is 0 Å². The zero-order valence-corrected chi connectivity index (χ0v) is 27.7. The van der Waals surface area contributed by atoms with Crippen LogP contribution in [0.15, 0.2) is 182 Å². The van der Waals surface area contributed by atoms with E-state index in [0.717, 1.165) is 33.7 Å². The topological polar surface area (TPSA) is 17.2 Å². The number of nitrogens with zero attached hydrogens (tertiary/aromatic N) is 2. The van der Waals surface area contributed by atoms with Crippen molar-refractivity contribution in [2.75, 3.05) is 0 Å². The molecule has 3 heteroatoms. The van der Waals surface area contributed by atoms with E-state index >= 15 is 0 Å². The van der Waals surface area contributed by atoms with Gasteiger partial charge in [0.15, 0.2) is 5.75 Å². The molecule has 3 nitrogen and oxygen atoms in total. The van der Waals surface area contributed by atoms with Crippen LogP contribution in [0, 0.1) is 41.7 Å². The smallest absolute Gasteiger partial charge is 0.254 e. The summed E-state index contributed by atoms with van der Waals surface area (Å²) in [6.45, 7) is 0. The molecule has 0 radical (unpaired) electrons. The SMILES string of the molecule is C1=CC2=[N+](c3ccccc3)c3cc4c(cc3OC2C=C1)=c1ccccc1=c1ccccc1=c1ccc(-n2c3ccccc3c3ccccc32)cc1=4. The van der Waals surface area contributed by atoms with Crippen molar-refractivity contribution < 1.29 is 4.74 Å². The highest BCUT2D eigenvalue weighted by atomic mass is 16.5. The van der Waals surface area contributed by atoms with Gasteiger partial charge < -0.3 is 9.30 Å². The number of benzene rings is 7. The molecule has 1 unspecified atom stereocenters. The highest BCUT2D eigenvalue weighted by Gasteiger charge is 2.36. The number of fused-ring (bicyclic) bond motifs is 9. The summed E-state index contributed by atoms with van der Waals surface area (Å²) in [5.74, 6) is 0.870. The van der Waals surface area contributed by atoms with Gasteiger partial charge in [-0.1, -0.05) is 121 Å². The minimum atomic E-state index is -0.181. The summed E-state index contributed by atoms with van der Waals surface area (Å²) in [4.78, 5) is 0. The maximum atomic E-state index is 6.86. The second-order valence-electron chi connectivity index (χ2n) is 13.4. The van der Waals surface area contributed by atoms with Gasteiger partial charge in [0.25, 0.3) is 5.69 Å². The Balaban J connectivity index is 1.39. The third-order valence-electron chi connectivity index (χ3n) is 10.7. The molecular formula is C48H31N2O+. The van der Waals surface area contributed by atoms with Crippen LogP contribution in [0.3, 0.4) is 0 Å². The monoisotopic (exact) mass is 651 g/mol. The van der Waals surface area contributed by atoms with Gasteiger partial charge in [0.2, 0.25) is 17.5 Å². The van der Waals surface area contributed by atoms with Crippen LogP contribution in [0.25, 0.3) is 27.5 Å². The molecule has 7 aromatic carbocycles. The highest BCUT2D eigenvalue weighted by Crippen LogP contribution is 2.38. The van der Waals surface area contributed by atoms with Gasteiger partial charge in [0.05, 0.1) is 11.0 Å². The second-order valence-corrected chi connectivity index (χ2v) is 13.4. The minimum absolute atomic E-state index is 0.181. The van der Waals surface area contributed by atoms with E-state index in [0.29, 0.717) is 0 Å². The zero-order valence-electron chi connectivity index (χ0n) is 27.7. The summed E-state index contributed by atoms with van der Waals surface area (Å²) in [6, 6.07) is 57.5. The Morgan fingerprint density at radius 2 is 1.02 bits per heavy atom. The lowest BCUT2D eigenvalue weighted by Gasteiger charge is -2.24. The first-order valence-corrected chi connectivity index (χ1v) is 17.6. The Labute approximate surface area is 293 Å². The van der Waals surface area contributed by atoms with E-state index in [1.165, 1.54) is 58.3 Å². The molecule has 2 aliphatic carbocycles. The number of ether oxygens (including phenoxy) is 1. The summed E-state index contributed by atoms with van der Waals surface area (Å²) < 4.78 is 11.6. The molecule has 0 amide bonds. The van der Waals surface area contributed by atoms with Gasteiger partial charge in [-0.15, -0.1) is 0 Å². The molecule has 1 atom stereocenters. The molecule has 51 heavy (non-hydrogen) atoms. The third kappa shape index (κ3) is 4.15. The van der Waals surface area contributed by atoms with Crippen LogP contribution in [-0.4, -0.2) is 16.4 Å². The summed E-state index contributed by atoms with van der Waals surface area (Å²) in [6.07, 6.45) is 8.32. The fourth-order valence-electron chi connectivity index (χ4n) is 8.47. The van der Waals surface area contributed by atoms with Crippen molar-refractivity contribution in [1.82, 2.24) is 9.14 Å². The van der Waals surface area contributed by atoms with Crippen molar-refractivity contribution in [3.63, 3.8) is 0 Å². The molecule has 0 spiro atoms. The van der Waals surface area contributed by atoms with E-state index in [4.69, 9.17) is 4.74 Å². The van der Waals surface area contributed by atoms with E-state index in [1.54, 1.807) is 0 Å². The highest BCUT2D eigenvalue weighted by molar-refractivity contribution is 6.09. The van der Waals surface area contributed by atoms with Gasteiger partial charge in [0, 0.05) is 40.7 Å². The number of rotatable bonds is 2. The molecule has 0 bridgehead atoms. The van der Waals surface area contributed by atoms with Crippen molar-refractivity contribution in [2.24, 2.45) is 0 Å².